The van der Waals surface area contributed by atoms with Gasteiger partial charge >= 0.3 is 23.9 Å². The van der Waals surface area contributed by atoms with Gasteiger partial charge in [-0.2, -0.15) is 0 Å². The Labute approximate surface area is 738 Å². The van der Waals surface area contributed by atoms with Crippen molar-refractivity contribution in [3.05, 3.63) is 0 Å². The molecule has 0 aliphatic heterocycles. The Kier molecular flexibility index (Phi) is 78.7. The van der Waals surface area contributed by atoms with Crippen LogP contribution in [0.4, 0.5) is 0 Å². The average molecular weight is 1750 g/mol. The van der Waals surface area contributed by atoms with E-state index in [1.54, 1.807) is 13.8 Å². The van der Waals surface area contributed by atoms with Crippen LogP contribution in [-0.2, 0) is 71.9 Å². The number of amides is 6. The average Bonchev–Trinajstić information content (AvgIpc) is 0.922. The lowest BCUT2D eigenvalue weighted by molar-refractivity contribution is -0.142. The maximum absolute atomic E-state index is 12.4. The van der Waals surface area contributed by atoms with Gasteiger partial charge in [0.25, 0.3) is 0 Å². The Balaban J connectivity index is -0.00000217. The highest BCUT2D eigenvalue weighted by Crippen LogP contribution is 2.19. The third-order valence-electron chi connectivity index (χ3n) is 22.4. The number of carboxylic acids is 4. The van der Waals surface area contributed by atoms with E-state index in [9.17, 15) is 82.1 Å². The molecule has 0 heterocycles. The Morgan fingerprint density at radius 2 is 0.472 bits per heavy atom. The van der Waals surface area contributed by atoms with E-state index < -0.39 is 66.2 Å². The summed E-state index contributed by atoms with van der Waals surface area (Å²) in [4.78, 5) is 176. The molecule has 0 unspecified atom stereocenters. The number of hydrogen-bond donors (Lipinski definition) is 15. The molecule has 0 aliphatic rings. The van der Waals surface area contributed by atoms with Crippen LogP contribution in [0.25, 0.3) is 0 Å². The molecule has 6 amide bonds. The predicted molar refractivity (Wildman–Crippen MR) is 485 cm³/mol. The van der Waals surface area contributed by atoms with Crippen molar-refractivity contribution in [1.29, 1.82) is 0 Å². The molecule has 0 rings (SSSR count). The van der Waals surface area contributed by atoms with Gasteiger partial charge in [0.05, 0.1) is 30.2 Å². The molecule has 0 aromatic rings. The standard InChI is InChI=1S/C44H81N5O9.C43H80N6O9.C6H12O/c1-34(35(2)50)24-20-22-32-47-43(56)38(46)27-21-23-33-48-42(55)37(45)26-17-15-16-25-36(51)30-31-39(44(57)58)49-40(52)28-18-13-11-9-7-5-3-4-6-8-10-12-14-19-29-41(53)54;1-33(50)35(44)24-19-21-31-47-42(56)37(46)26-20-22-32-48-41(55)36(45)25-16-14-15-23-34(51)29-30-38(43(57)58)49-39(52)27-17-12-10-8-6-4-2-3-5-7-9-11-13-18-28-40(53)54;1-5(7)6(2,3)4/h34,37-39H,3-33,45-46H2,1-2H3,(H,47,56)(H,48,55)(H,49,52)(H,53,54)(H,57,58);35-38H,2-32,44-46H2,1H3,(H,47,56)(H,48,55)(H,49,52)(H,53,54)(H,57,58);1-4H3/t34-,37-,38-,39-;35-,36-,37-,38-;/m00./s1. The quantitative estimate of drug-likeness (QED) is 0.0251. The summed E-state index contributed by atoms with van der Waals surface area (Å²) in [6.07, 6.45) is 45.4. The molecule has 30 nitrogen and oxygen atoms in total. The van der Waals surface area contributed by atoms with Crippen LogP contribution in [0.2, 0.25) is 0 Å². The number of carbonyl (C=O) groups is 15. The van der Waals surface area contributed by atoms with Gasteiger partial charge in [0.15, 0.2) is 0 Å². The Bertz CT molecular complexity index is 2720. The van der Waals surface area contributed by atoms with E-state index >= 15 is 0 Å². The highest BCUT2D eigenvalue weighted by Gasteiger charge is 2.24. The van der Waals surface area contributed by atoms with Crippen molar-refractivity contribution in [1.82, 2.24) is 31.9 Å². The molecular formula is C93H173N11O19. The van der Waals surface area contributed by atoms with Crippen LogP contribution in [0.5, 0.6) is 0 Å². The molecule has 20 N–H and O–H groups in total. The minimum Gasteiger partial charge on any atom is -0.481 e. The molecule has 0 aliphatic carbocycles. The Morgan fingerprint density at radius 1 is 0.260 bits per heavy atom. The molecule has 714 valence electrons. The van der Waals surface area contributed by atoms with Crippen LogP contribution in [-0.4, -0.2) is 177 Å². The zero-order valence-corrected chi connectivity index (χ0v) is 77.3. The Morgan fingerprint density at radius 3 is 0.699 bits per heavy atom. The second-order valence-electron chi connectivity index (χ2n) is 35.1. The van der Waals surface area contributed by atoms with E-state index in [0.29, 0.717) is 155 Å². The minimum atomic E-state index is -1.15. The number of rotatable bonds is 82. The third kappa shape index (κ3) is 80.4. The molecule has 0 bridgehead atoms. The van der Waals surface area contributed by atoms with E-state index in [-0.39, 0.29) is 127 Å². The van der Waals surface area contributed by atoms with E-state index in [0.717, 1.165) is 103 Å². The number of Topliss-reactive ketones (excluding diaryl/α,β-unsaturated/α-hetero) is 5. The van der Waals surface area contributed by atoms with Crippen LogP contribution in [0.3, 0.4) is 0 Å². The van der Waals surface area contributed by atoms with Crippen LogP contribution >= 0.6 is 0 Å². The number of hydrogen-bond acceptors (Lipinski definition) is 20. The van der Waals surface area contributed by atoms with Gasteiger partial charge in [-0.25, -0.2) is 9.59 Å². The van der Waals surface area contributed by atoms with Gasteiger partial charge in [0, 0.05) is 88.9 Å². The van der Waals surface area contributed by atoms with E-state index in [4.69, 9.17) is 38.9 Å². The summed E-state index contributed by atoms with van der Waals surface area (Å²) in [5, 5.41) is 52.9. The van der Waals surface area contributed by atoms with Gasteiger partial charge in [0.1, 0.15) is 41.0 Å². The number of nitrogens with two attached hydrogens (primary N) is 5. The summed E-state index contributed by atoms with van der Waals surface area (Å²) in [5.41, 5.74) is 29.6. The van der Waals surface area contributed by atoms with Crippen molar-refractivity contribution >= 4 is 88.2 Å². The lowest BCUT2D eigenvalue weighted by atomic mass is 9.92. The first-order chi connectivity index (χ1) is 58.4. The van der Waals surface area contributed by atoms with Gasteiger partial charge in [-0.15, -0.1) is 0 Å². The predicted octanol–water partition coefficient (Wildman–Crippen LogP) is 13.6. The molecule has 0 aromatic heterocycles. The SMILES string of the molecule is CC(=O)C(C)(C)C.CC(=O)[C@@H](C)CCCCNC(=O)[C@@H](N)CCCCNC(=O)[C@@H](N)CCCCCC(=O)CC[C@H](NC(=O)CCCCCCCCCCCCCCCCC(=O)O)C(=O)O.CC(=O)[C@@H](N)CCCCNC(=O)[C@@H](N)CCCCNC(=O)[C@@H](N)CCCCCC(=O)CC[C@H](NC(=O)CCCCCCCCCCCCCCCCC(=O)O)C(=O)O. The molecule has 0 radical (unpaired) electrons. The molecule has 0 spiro atoms. The molecule has 0 saturated carbocycles. The maximum Gasteiger partial charge on any atom is 0.326 e. The van der Waals surface area contributed by atoms with Gasteiger partial charge in [-0.1, -0.05) is 214 Å². The summed E-state index contributed by atoms with van der Waals surface area (Å²) in [5.74, 6) is -4.93. The summed E-state index contributed by atoms with van der Waals surface area (Å²) < 4.78 is 0. The second kappa shape index (κ2) is 80.7. The Hall–Kier alpha value is -7.15. The molecule has 30 heteroatoms. The van der Waals surface area contributed by atoms with Gasteiger partial charge < -0.3 is 81.0 Å². The van der Waals surface area contributed by atoms with Gasteiger partial charge in [-0.05, 0) is 156 Å². The highest BCUT2D eigenvalue weighted by atomic mass is 16.4. The molecular weight excluding hydrogens is 1580 g/mol. The number of aliphatic carboxylic acids is 4. The zero-order chi connectivity index (χ0) is 92.9. The van der Waals surface area contributed by atoms with E-state index in [1.807, 2.05) is 27.7 Å². The lowest BCUT2D eigenvalue weighted by Crippen LogP contribution is -2.42. The fraction of sp³-hybridized carbons (Fsp3) is 0.839. The number of ketones is 5. The first-order valence-electron chi connectivity index (χ1n) is 47.3. The van der Waals surface area contributed by atoms with Crippen molar-refractivity contribution in [2.45, 2.75) is 463 Å². The van der Waals surface area contributed by atoms with Crippen LogP contribution in [0.1, 0.15) is 421 Å². The summed E-state index contributed by atoms with van der Waals surface area (Å²) in [7, 11) is 0. The summed E-state index contributed by atoms with van der Waals surface area (Å²) in [6.45, 7) is 14.2. The zero-order valence-electron chi connectivity index (χ0n) is 77.3. The number of carboxylic acid groups (broad SMARTS) is 4. The number of carbonyl (C=O) groups excluding carboxylic acids is 11. The van der Waals surface area contributed by atoms with Crippen molar-refractivity contribution in [2.75, 3.05) is 26.2 Å². The van der Waals surface area contributed by atoms with Crippen molar-refractivity contribution in [3.63, 3.8) is 0 Å². The van der Waals surface area contributed by atoms with Gasteiger partial charge in [0.2, 0.25) is 35.4 Å². The van der Waals surface area contributed by atoms with E-state index in [1.165, 1.54) is 96.8 Å². The summed E-state index contributed by atoms with van der Waals surface area (Å²) in [6, 6.07) is -5.20. The van der Waals surface area contributed by atoms with Crippen molar-refractivity contribution in [2.24, 2.45) is 40.0 Å². The highest BCUT2D eigenvalue weighted by molar-refractivity contribution is 5.87. The maximum atomic E-state index is 12.4. The molecule has 0 fully saturated rings. The van der Waals surface area contributed by atoms with Crippen LogP contribution in [0, 0.1) is 11.3 Å². The smallest absolute Gasteiger partial charge is 0.326 e. The topological polar surface area (TPSA) is 539 Å². The molecule has 123 heavy (non-hydrogen) atoms. The second-order valence-corrected chi connectivity index (χ2v) is 35.1. The number of unbranched alkanes of at least 4 members (excludes halogenated alkanes) is 34. The molecule has 8 atom stereocenters. The van der Waals surface area contributed by atoms with Crippen LogP contribution in [0.15, 0.2) is 0 Å². The van der Waals surface area contributed by atoms with Crippen molar-refractivity contribution in [3.8, 4) is 0 Å². The fourth-order valence-corrected chi connectivity index (χ4v) is 13.3. The minimum absolute atomic E-state index is 0.0416. The number of nitrogens with one attached hydrogen (secondary N) is 6. The summed E-state index contributed by atoms with van der Waals surface area (Å²) >= 11 is 0. The first-order valence-corrected chi connectivity index (χ1v) is 47.3. The molecule has 0 saturated heterocycles. The first kappa shape index (κ1) is 120. The van der Waals surface area contributed by atoms with E-state index in [2.05, 4.69) is 31.9 Å². The van der Waals surface area contributed by atoms with Crippen molar-refractivity contribution < 1.29 is 92.3 Å². The third-order valence-corrected chi connectivity index (χ3v) is 22.4. The van der Waals surface area contributed by atoms with Crippen LogP contribution < -0.4 is 60.6 Å². The normalized spacial score (nSPS) is 13.1. The fourth-order valence-electron chi connectivity index (χ4n) is 13.3. The lowest BCUT2D eigenvalue weighted by Gasteiger charge is -2.14. The largest absolute Gasteiger partial charge is 0.481 e. The molecule has 0 aromatic carbocycles. The monoisotopic (exact) mass is 1750 g/mol. The van der Waals surface area contributed by atoms with Gasteiger partial charge in [-0.3, -0.25) is 62.3 Å².